The summed E-state index contributed by atoms with van der Waals surface area (Å²) in [4.78, 5) is 24.1. The topological polar surface area (TPSA) is 90.0 Å². The van der Waals surface area contributed by atoms with Gasteiger partial charge in [-0.1, -0.05) is 24.3 Å². The fraction of sp³-hybridized carbons (Fsp3) is 0.364. The average Bonchev–Trinajstić information content (AvgIpc) is 2.81. The number of methoxy groups -OCH3 is 1. The maximum absolute atomic E-state index is 13.0. The van der Waals surface area contributed by atoms with Crippen LogP contribution in [-0.2, 0) is 37.1 Å². The lowest BCUT2D eigenvalue weighted by atomic mass is 9.98. The molecular weight excluding hydrogens is 463 g/mol. The Kier molecular flexibility index (Phi) is 7.43. The molecule has 0 unspecified atom stereocenters. The van der Waals surface area contributed by atoms with Crippen molar-refractivity contribution in [3.63, 3.8) is 0 Å². The molecule has 0 aliphatic carbocycles. The molecule has 33 heavy (non-hydrogen) atoms. The summed E-state index contributed by atoms with van der Waals surface area (Å²) >= 11 is 0. The van der Waals surface area contributed by atoms with Crippen molar-refractivity contribution in [3.05, 3.63) is 65.2 Å². The standard InChI is InChI=1S/C22H22F3NO6S/c1-31-21(28)18-4-2-3-5-19(18)33(29,30)26-12-10-16(11-13-26)20(27)32-14-15-6-8-17(9-7-15)22(23,24)25/h2-9,16H,10-14H2,1H3. The van der Waals surface area contributed by atoms with Gasteiger partial charge in [0, 0.05) is 13.1 Å². The number of benzene rings is 2. The van der Waals surface area contributed by atoms with E-state index in [2.05, 4.69) is 4.74 Å². The number of nitrogens with zero attached hydrogens (tertiary/aromatic N) is 1. The van der Waals surface area contributed by atoms with E-state index in [1.54, 1.807) is 0 Å². The van der Waals surface area contributed by atoms with Crippen LogP contribution in [0.1, 0.15) is 34.3 Å². The number of carbonyl (C=O) groups is 2. The van der Waals surface area contributed by atoms with Crippen LogP contribution in [0.2, 0.25) is 0 Å². The number of halogens is 3. The van der Waals surface area contributed by atoms with Crippen LogP contribution in [0.3, 0.4) is 0 Å². The van der Waals surface area contributed by atoms with Crippen LogP contribution in [0.15, 0.2) is 53.4 Å². The monoisotopic (exact) mass is 485 g/mol. The predicted molar refractivity (Wildman–Crippen MR) is 111 cm³/mol. The predicted octanol–water partition coefficient (Wildman–Crippen LogP) is 3.64. The highest BCUT2D eigenvalue weighted by atomic mass is 32.2. The third-order valence-electron chi connectivity index (χ3n) is 5.36. The van der Waals surface area contributed by atoms with Crippen LogP contribution in [-0.4, -0.2) is 44.9 Å². The molecule has 1 saturated heterocycles. The van der Waals surface area contributed by atoms with Gasteiger partial charge in [0.1, 0.15) is 6.61 Å². The fourth-order valence-electron chi connectivity index (χ4n) is 3.50. The van der Waals surface area contributed by atoms with Gasteiger partial charge in [0.05, 0.1) is 29.1 Å². The van der Waals surface area contributed by atoms with E-state index in [0.717, 1.165) is 19.2 Å². The summed E-state index contributed by atoms with van der Waals surface area (Å²) in [6.07, 6.45) is -4.02. The van der Waals surface area contributed by atoms with Crippen molar-refractivity contribution >= 4 is 22.0 Å². The third-order valence-corrected chi connectivity index (χ3v) is 7.32. The Bertz CT molecular complexity index is 1110. The molecular formula is C22H22F3NO6S. The Morgan fingerprint density at radius 1 is 1.03 bits per heavy atom. The smallest absolute Gasteiger partial charge is 0.416 e. The lowest BCUT2D eigenvalue weighted by Crippen LogP contribution is -2.41. The Labute approximate surface area is 189 Å². The van der Waals surface area contributed by atoms with Crippen molar-refractivity contribution in [1.82, 2.24) is 4.31 Å². The summed E-state index contributed by atoms with van der Waals surface area (Å²) in [6.45, 7) is -0.0717. The molecule has 1 aliphatic heterocycles. The molecule has 1 heterocycles. The number of alkyl halides is 3. The normalized spacial score (nSPS) is 15.8. The number of piperidine rings is 1. The van der Waals surface area contributed by atoms with E-state index in [9.17, 15) is 31.2 Å². The molecule has 11 heteroatoms. The third kappa shape index (κ3) is 5.72. The minimum atomic E-state index is -4.44. The van der Waals surface area contributed by atoms with Gasteiger partial charge < -0.3 is 9.47 Å². The summed E-state index contributed by atoms with van der Waals surface area (Å²) in [7, 11) is -2.82. The maximum Gasteiger partial charge on any atom is 0.416 e. The van der Waals surface area contributed by atoms with Crippen molar-refractivity contribution in [1.29, 1.82) is 0 Å². The van der Waals surface area contributed by atoms with Crippen molar-refractivity contribution < 1.29 is 40.7 Å². The Morgan fingerprint density at radius 3 is 2.21 bits per heavy atom. The van der Waals surface area contributed by atoms with Gasteiger partial charge in [-0.15, -0.1) is 0 Å². The average molecular weight is 485 g/mol. The SMILES string of the molecule is COC(=O)c1ccccc1S(=O)(=O)N1CCC(C(=O)OCc2ccc(C(F)(F)F)cc2)CC1. The van der Waals surface area contributed by atoms with Crippen LogP contribution in [0, 0.1) is 5.92 Å². The molecule has 1 aliphatic rings. The van der Waals surface area contributed by atoms with E-state index < -0.39 is 39.6 Å². The molecule has 1 fully saturated rings. The Balaban J connectivity index is 1.58. The molecule has 0 radical (unpaired) electrons. The molecule has 3 rings (SSSR count). The number of esters is 2. The highest BCUT2D eigenvalue weighted by Gasteiger charge is 2.35. The van der Waals surface area contributed by atoms with Crippen LogP contribution >= 0.6 is 0 Å². The first-order valence-corrected chi connectivity index (χ1v) is 11.5. The minimum Gasteiger partial charge on any atom is -0.465 e. The van der Waals surface area contributed by atoms with Gasteiger partial charge in [-0.05, 0) is 42.7 Å². The first kappa shape index (κ1) is 24.7. The van der Waals surface area contributed by atoms with E-state index in [1.807, 2.05) is 0 Å². The van der Waals surface area contributed by atoms with E-state index in [1.165, 1.54) is 40.7 Å². The quantitative estimate of drug-likeness (QED) is 0.581. The number of hydrogen-bond acceptors (Lipinski definition) is 6. The molecule has 2 aromatic carbocycles. The molecule has 7 nitrogen and oxygen atoms in total. The van der Waals surface area contributed by atoms with Gasteiger partial charge in [-0.2, -0.15) is 17.5 Å². The molecule has 0 spiro atoms. The van der Waals surface area contributed by atoms with Gasteiger partial charge in [0.2, 0.25) is 10.0 Å². The fourth-order valence-corrected chi connectivity index (χ4v) is 5.15. The number of sulfonamides is 1. The molecule has 0 aromatic heterocycles. The van der Waals surface area contributed by atoms with Gasteiger partial charge in [0.15, 0.2) is 0 Å². The zero-order chi connectivity index (χ0) is 24.2. The highest BCUT2D eigenvalue weighted by Crippen LogP contribution is 2.30. The Hall–Kier alpha value is -2.92. The van der Waals surface area contributed by atoms with Crippen LogP contribution < -0.4 is 0 Å². The van der Waals surface area contributed by atoms with Crippen molar-refractivity contribution in [2.24, 2.45) is 5.92 Å². The summed E-state index contributed by atoms with van der Waals surface area (Å²) in [5.74, 6) is -1.85. The van der Waals surface area contributed by atoms with Crippen molar-refractivity contribution in [2.45, 2.75) is 30.5 Å². The second kappa shape index (κ2) is 9.92. The van der Waals surface area contributed by atoms with Gasteiger partial charge >= 0.3 is 18.1 Å². The molecule has 0 N–H and O–H groups in total. The molecule has 0 atom stereocenters. The number of carbonyl (C=O) groups excluding carboxylic acids is 2. The molecule has 178 valence electrons. The van der Waals surface area contributed by atoms with Crippen LogP contribution in [0.5, 0.6) is 0 Å². The van der Waals surface area contributed by atoms with Crippen molar-refractivity contribution in [2.75, 3.05) is 20.2 Å². The van der Waals surface area contributed by atoms with Gasteiger partial charge in [-0.25, -0.2) is 13.2 Å². The van der Waals surface area contributed by atoms with E-state index in [4.69, 9.17) is 4.74 Å². The van der Waals surface area contributed by atoms with Gasteiger partial charge in [0.25, 0.3) is 0 Å². The molecule has 2 aromatic rings. The number of ether oxygens (including phenoxy) is 2. The van der Waals surface area contributed by atoms with Gasteiger partial charge in [-0.3, -0.25) is 4.79 Å². The van der Waals surface area contributed by atoms with Crippen LogP contribution in [0.4, 0.5) is 13.2 Å². The first-order valence-electron chi connectivity index (χ1n) is 10.0. The number of rotatable bonds is 6. The summed E-state index contributed by atoms with van der Waals surface area (Å²) in [5.41, 5.74) is -0.450. The van der Waals surface area contributed by atoms with E-state index >= 15 is 0 Å². The zero-order valence-electron chi connectivity index (χ0n) is 17.7. The lowest BCUT2D eigenvalue weighted by molar-refractivity contribution is -0.151. The molecule has 0 saturated carbocycles. The molecule has 0 bridgehead atoms. The summed E-state index contributed by atoms with van der Waals surface area (Å²) in [5, 5.41) is 0. The lowest BCUT2D eigenvalue weighted by Gasteiger charge is -2.30. The maximum atomic E-state index is 13.0. The second-order valence-corrected chi connectivity index (χ2v) is 9.37. The first-order chi connectivity index (χ1) is 15.5. The van der Waals surface area contributed by atoms with E-state index in [0.29, 0.717) is 5.56 Å². The molecule has 0 amide bonds. The number of hydrogen-bond donors (Lipinski definition) is 0. The summed E-state index contributed by atoms with van der Waals surface area (Å²) < 4.78 is 75.0. The highest BCUT2D eigenvalue weighted by molar-refractivity contribution is 7.89. The van der Waals surface area contributed by atoms with Crippen molar-refractivity contribution in [3.8, 4) is 0 Å². The van der Waals surface area contributed by atoms with E-state index in [-0.39, 0.29) is 43.0 Å². The zero-order valence-corrected chi connectivity index (χ0v) is 18.5. The summed E-state index contributed by atoms with van der Waals surface area (Å²) in [6, 6.07) is 10.0. The largest absolute Gasteiger partial charge is 0.465 e. The second-order valence-electron chi connectivity index (χ2n) is 7.47. The van der Waals surface area contributed by atoms with Crippen LogP contribution in [0.25, 0.3) is 0 Å². The Morgan fingerprint density at radius 2 is 1.64 bits per heavy atom. The minimum absolute atomic E-state index is 0.0535.